The van der Waals surface area contributed by atoms with Gasteiger partial charge in [0, 0.05) is 6.42 Å². The average Bonchev–Trinajstić information content (AvgIpc) is 2.15. The molecule has 0 heterocycles. The summed E-state index contributed by atoms with van der Waals surface area (Å²) < 4.78 is 0.921. The van der Waals surface area contributed by atoms with E-state index < -0.39 is 0 Å². The van der Waals surface area contributed by atoms with Crippen molar-refractivity contribution >= 4 is 0 Å². The third-order valence-corrected chi connectivity index (χ3v) is 4.59. The molecule has 2 nitrogen and oxygen atoms in total. The molecule has 0 spiro atoms. The first-order valence-corrected chi connectivity index (χ1v) is 6.47. The van der Waals surface area contributed by atoms with Crippen molar-refractivity contribution in [3.63, 3.8) is 0 Å². The van der Waals surface area contributed by atoms with Crippen molar-refractivity contribution in [3.05, 3.63) is 0 Å². The van der Waals surface area contributed by atoms with Crippen LogP contribution in [0.25, 0.3) is 0 Å². The lowest BCUT2D eigenvalue weighted by atomic mass is 9.68. The van der Waals surface area contributed by atoms with E-state index in [1.165, 1.54) is 32.1 Å². The predicted octanol–water partition coefficient (Wildman–Crippen LogP) is 2.02. The van der Waals surface area contributed by atoms with Crippen molar-refractivity contribution in [1.29, 1.82) is 0 Å². The van der Waals surface area contributed by atoms with Gasteiger partial charge in [0.1, 0.15) is 12.1 Å². The summed E-state index contributed by atoms with van der Waals surface area (Å²) in [6, 6.07) is 0.462. The summed E-state index contributed by atoms with van der Waals surface area (Å²) >= 11 is 0. The highest BCUT2D eigenvalue weighted by molar-refractivity contribution is 4.88. The molecule has 15 heavy (non-hydrogen) atoms. The zero-order valence-corrected chi connectivity index (χ0v) is 10.4. The van der Waals surface area contributed by atoms with E-state index in [-0.39, 0.29) is 6.10 Å². The van der Waals surface area contributed by atoms with Crippen molar-refractivity contribution in [1.82, 2.24) is 0 Å². The van der Waals surface area contributed by atoms with Crippen LogP contribution in [0.2, 0.25) is 0 Å². The molecule has 4 atom stereocenters. The van der Waals surface area contributed by atoms with Crippen molar-refractivity contribution in [2.45, 2.75) is 50.7 Å². The largest absolute Gasteiger partial charge is 0.387 e. The molecule has 2 rings (SSSR count). The molecule has 0 aromatic carbocycles. The molecule has 0 radical (unpaired) electrons. The van der Waals surface area contributed by atoms with Crippen molar-refractivity contribution < 1.29 is 9.59 Å². The van der Waals surface area contributed by atoms with Crippen LogP contribution in [0.15, 0.2) is 0 Å². The minimum Gasteiger partial charge on any atom is -0.387 e. The second kappa shape index (κ2) is 4.06. The second-order valence-corrected chi connectivity index (χ2v) is 6.53. The van der Waals surface area contributed by atoms with Gasteiger partial charge in [0.25, 0.3) is 0 Å². The summed E-state index contributed by atoms with van der Waals surface area (Å²) in [4.78, 5) is 0. The van der Waals surface area contributed by atoms with Crippen LogP contribution < -0.4 is 0 Å². The number of rotatable bonds is 1. The Bertz CT molecular complexity index is 221. The summed E-state index contributed by atoms with van der Waals surface area (Å²) in [7, 11) is 6.66. The van der Waals surface area contributed by atoms with E-state index in [0.29, 0.717) is 6.04 Å². The lowest BCUT2D eigenvalue weighted by molar-refractivity contribution is -0.901. The lowest BCUT2D eigenvalue weighted by Crippen LogP contribution is -2.56. The van der Waals surface area contributed by atoms with Crippen LogP contribution in [0.1, 0.15) is 38.5 Å². The first kappa shape index (κ1) is 11.4. The number of nitrogens with zero attached hydrogens (tertiary/aromatic N) is 1. The number of quaternary nitrogens is 1. The average molecular weight is 212 g/mol. The molecule has 2 heteroatoms. The van der Waals surface area contributed by atoms with Crippen LogP contribution in [0.4, 0.5) is 0 Å². The quantitative estimate of drug-likeness (QED) is 0.659. The topological polar surface area (TPSA) is 20.2 Å². The molecular weight excluding hydrogens is 186 g/mol. The van der Waals surface area contributed by atoms with Crippen molar-refractivity contribution in [3.8, 4) is 0 Å². The fourth-order valence-electron chi connectivity index (χ4n) is 3.67. The van der Waals surface area contributed by atoms with E-state index in [2.05, 4.69) is 21.1 Å². The highest BCUT2D eigenvalue weighted by Crippen LogP contribution is 2.42. The van der Waals surface area contributed by atoms with Gasteiger partial charge in [-0.1, -0.05) is 19.3 Å². The minimum absolute atomic E-state index is 0.0654. The Labute approximate surface area is 93.9 Å². The van der Waals surface area contributed by atoms with Crippen LogP contribution in [0, 0.1) is 11.8 Å². The van der Waals surface area contributed by atoms with Gasteiger partial charge in [0.2, 0.25) is 0 Å². The van der Waals surface area contributed by atoms with Crippen LogP contribution in [0.5, 0.6) is 0 Å². The number of aliphatic hydroxyl groups is 1. The fraction of sp³-hybridized carbons (Fsp3) is 1.00. The minimum atomic E-state index is -0.0654. The monoisotopic (exact) mass is 212 g/mol. The van der Waals surface area contributed by atoms with Gasteiger partial charge < -0.3 is 9.59 Å². The molecule has 0 saturated heterocycles. The maximum atomic E-state index is 10.2. The molecule has 1 N–H and O–H groups in total. The fourth-order valence-corrected chi connectivity index (χ4v) is 3.67. The molecule has 88 valence electrons. The highest BCUT2D eigenvalue weighted by atomic mass is 16.3. The molecule has 0 unspecified atom stereocenters. The smallest absolute Gasteiger partial charge is 0.115 e. The summed E-state index contributed by atoms with van der Waals surface area (Å²) in [5.74, 6) is 1.74. The lowest BCUT2D eigenvalue weighted by Gasteiger charge is -2.46. The molecule has 2 fully saturated rings. The Kier molecular flexibility index (Phi) is 3.09. The van der Waals surface area contributed by atoms with Gasteiger partial charge in [0.15, 0.2) is 0 Å². The second-order valence-electron chi connectivity index (χ2n) is 6.53. The molecule has 2 saturated carbocycles. The third-order valence-electron chi connectivity index (χ3n) is 4.59. The van der Waals surface area contributed by atoms with Crippen molar-refractivity contribution in [2.75, 3.05) is 21.1 Å². The summed E-state index contributed by atoms with van der Waals surface area (Å²) in [5, 5.41) is 10.2. The van der Waals surface area contributed by atoms with E-state index in [4.69, 9.17) is 0 Å². The van der Waals surface area contributed by atoms with Gasteiger partial charge in [-0.05, 0) is 24.7 Å². The maximum absolute atomic E-state index is 10.2. The first-order valence-electron chi connectivity index (χ1n) is 6.47. The number of fused-ring (bicyclic) bond motifs is 1. The standard InChI is InChI=1S/C13H26NO/c1-14(2,3)12-8-10-6-4-5-7-11(10)9-13(12)15/h10-13,15H,4-9H2,1-3H3/q+1/t10-,11-,12-,13+/m1/s1. The van der Waals surface area contributed by atoms with Gasteiger partial charge in [-0.3, -0.25) is 0 Å². The van der Waals surface area contributed by atoms with Gasteiger partial charge in [-0.15, -0.1) is 0 Å². The number of aliphatic hydroxyl groups excluding tert-OH is 1. The molecule has 0 amide bonds. The van der Waals surface area contributed by atoms with Crippen LogP contribution >= 0.6 is 0 Å². The molecule has 0 bridgehead atoms. The normalized spacial score (nSPS) is 42.4. The molecular formula is C13H26NO+. The Morgan fingerprint density at radius 1 is 0.933 bits per heavy atom. The van der Waals surface area contributed by atoms with E-state index in [1.54, 1.807) is 0 Å². The van der Waals surface area contributed by atoms with E-state index in [1.807, 2.05) is 0 Å². The molecule has 2 aliphatic rings. The zero-order chi connectivity index (χ0) is 11.1. The Morgan fingerprint density at radius 3 is 2.00 bits per heavy atom. The number of likely N-dealkylation sites (N-methyl/N-ethyl adjacent to an activating group) is 1. The van der Waals surface area contributed by atoms with E-state index in [9.17, 15) is 5.11 Å². The van der Waals surface area contributed by atoms with Gasteiger partial charge in [-0.2, -0.15) is 0 Å². The Hall–Kier alpha value is -0.0800. The summed E-state index contributed by atoms with van der Waals surface area (Å²) in [6.07, 6.45) is 7.83. The van der Waals surface area contributed by atoms with Crippen LogP contribution in [-0.2, 0) is 0 Å². The SMILES string of the molecule is C[N+](C)(C)[C@@H]1C[C@H]2CCCC[C@@H]2C[C@@H]1O. The first-order chi connectivity index (χ1) is 6.98. The molecule has 0 aliphatic heterocycles. The number of hydrogen-bond acceptors (Lipinski definition) is 1. The molecule has 0 aromatic heterocycles. The van der Waals surface area contributed by atoms with Crippen molar-refractivity contribution in [2.24, 2.45) is 11.8 Å². The Morgan fingerprint density at radius 2 is 1.47 bits per heavy atom. The summed E-state index contributed by atoms with van der Waals surface area (Å²) in [6.45, 7) is 0. The van der Waals surface area contributed by atoms with Crippen LogP contribution in [-0.4, -0.2) is 42.9 Å². The van der Waals surface area contributed by atoms with E-state index >= 15 is 0 Å². The Balaban J connectivity index is 2.05. The zero-order valence-electron chi connectivity index (χ0n) is 10.4. The van der Waals surface area contributed by atoms with Crippen LogP contribution in [0.3, 0.4) is 0 Å². The van der Waals surface area contributed by atoms with Gasteiger partial charge >= 0.3 is 0 Å². The molecule has 2 aliphatic carbocycles. The molecule has 0 aromatic rings. The third kappa shape index (κ3) is 2.36. The van der Waals surface area contributed by atoms with E-state index in [0.717, 1.165) is 22.7 Å². The van der Waals surface area contributed by atoms with Gasteiger partial charge in [0.05, 0.1) is 21.1 Å². The van der Waals surface area contributed by atoms with Gasteiger partial charge in [-0.25, -0.2) is 0 Å². The summed E-state index contributed by atoms with van der Waals surface area (Å²) in [5.41, 5.74) is 0. The maximum Gasteiger partial charge on any atom is 0.115 e. The predicted molar refractivity (Wildman–Crippen MR) is 62.5 cm³/mol. The highest BCUT2D eigenvalue weighted by Gasteiger charge is 2.42. The number of hydrogen-bond donors (Lipinski definition) is 1.